The van der Waals surface area contributed by atoms with Crippen molar-refractivity contribution in [2.24, 2.45) is 0 Å². The van der Waals surface area contributed by atoms with Gasteiger partial charge in [0.25, 0.3) is 0 Å². The second-order valence-electron chi connectivity index (χ2n) is 8.94. The highest BCUT2D eigenvalue weighted by molar-refractivity contribution is 5.89. The number of aldehydes is 1. The van der Waals surface area contributed by atoms with Crippen molar-refractivity contribution < 1.29 is 57.0 Å². The summed E-state index contributed by atoms with van der Waals surface area (Å²) in [6.07, 6.45) is 0.795. The van der Waals surface area contributed by atoms with Gasteiger partial charge in [0.05, 0.1) is 111 Å². The van der Waals surface area contributed by atoms with Crippen molar-refractivity contribution in [1.29, 1.82) is 0 Å². The predicted octanol–water partition coefficient (Wildman–Crippen LogP) is 2.87. The number of carbonyl (C=O) groups is 2. The van der Waals surface area contributed by atoms with Crippen molar-refractivity contribution in [1.82, 2.24) is 0 Å². The van der Waals surface area contributed by atoms with Gasteiger partial charge in [0.1, 0.15) is 25.2 Å². The van der Waals surface area contributed by atoms with Gasteiger partial charge >= 0.3 is 5.97 Å². The molecule has 2 aromatic carbocycles. The van der Waals surface area contributed by atoms with Gasteiger partial charge < -0.3 is 47.4 Å². The van der Waals surface area contributed by atoms with Crippen LogP contribution in [0.4, 0.5) is 0 Å². The minimum absolute atomic E-state index is 0.199. The summed E-state index contributed by atoms with van der Waals surface area (Å²) in [5, 5.41) is 0. The summed E-state index contributed by atoms with van der Waals surface area (Å²) in [6.45, 7) is 8.02. The van der Waals surface area contributed by atoms with Gasteiger partial charge in [-0.15, -0.1) is 0 Å². The highest BCUT2D eigenvalue weighted by Gasteiger charge is 2.05. The molecule has 0 heterocycles. The van der Waals surface area contributed by atoms with Crippen molar-refractivity contribution in [2.75, 3.05) is 119 Å². The first-order valence-corrected chi connectivity index (χ1v) is 14.8. The van der Waals surface area contributed by atoms with Gasteiger partial charge in [-0.1, -0.05) is 18.2 Å². The van der Waals surface area contributed by atoms with E-state index in [4.69, 9.17) is 47.4 Å². The quantitative estimate of drug-likeness (QED) is 0.0722. The van der Waals surface area contributed by atoms with Gasteiger partial charge in [-0.25, -0.2) is 4.79 Å². The summed E-state index contributed by atoms with van der Waals surface area (Å²) in [7, 11) is 0. The van der Waals surface area contributed by atoms with E-state index in [2.05, 4.69) is 0 Å². The van der Waals surface area contributed by atoms with Gasteiger partial charge in [0.2, 0.25) is 0 Å². The van der Waals surface area contributed by atoms with Crippen LogP contribution in [0.3, 0.4) is 0 Å². The molecule has 0 fully saturated rings. The van der Waals surface area contributed by atoms with Crippen LogP contribution >= 0.6 is 0 Å². The van der Waals surface area contributed by atoms with Crippen LogP contribution in [0.5, 0.6) is 5.75 Å². The van der Waals surface area contributed by atoms with E-state index in [1.54, 1.807) is 48.5 Å². The topological polar surface area (TPSA) is 126 Å². The normalized spacial score (nSPS) is 11.0. The molecule has 0 aliphatic heterocycles. The number of hydrogen-bond acceptors (Lipinski definition) is 12. The number of hydrogen-bond donors (Lipinski definition) is 0. The van der Waals surface area contributed by atoms with Gasteiger partial charge in [0, 0.05) is 5.56 Å². The average Bonchev–Trinajstić information content (AvgIpc) is 3.06. The van der Waals surface area contributed by atoms with Crippen LogP contribution in [-0.2, 0) is 42.6 Å². The molecule has 2 aromatic rings. The minimum Gasteiger partial charge on any atom is -0.491 e. The van der Waals surface area contributed by atoms with Crippen LogP contribution < -0.4 is 4.74 Å². The van der Waals surface area contributed by atoms with E-state index in [1.807, 2.05) is 6.07 Å². The molecule has 0 unspecified atom stereocenters. The van der Waals surface area contributed by atoms with Crippen molar-refractivity contribution >= 4 is 12.3 Å². The molecular formula is C32H46O12. The molecule has 44 heavy (non-hydrogen) atoms. The fraction of sp³-hybridized carbons (Fsp3) is 0.562. The van der Waals surface area contributed by atoms with E-state index in [0.29, 0.717) is 129 Å². The molecule has 0 N–H and O–H groups in total. The van der Waals surface area contributed by atoms with Crippen molar-refractivity contribution in [3.05, 3.63) is 65.7 Å². The summed E-state index contributed by atoms with van der Waals surface area (Å²) >= 11 is 0. The Morgan fingerprint density at radius 2 is 0.818 bits per heavy atom. The summed E-state index contributed by atoms with van der Waals surface area (Å²) in [4.78, 5) is 22.4. The second kappa shape index (κ2) is 27.6. The van der Waals surface area contributed by atoms with Crippen LogP contribution in [0.25, 0.3) is 0 Å². The zero-order valence-electron chi connectivity index (χ0n) is 25.4. The number of carbonyl (C=O) groups excluding carboxylic acids is 2. The standard InChI is InChI=1S/C32H46O12/c33-28-29-6-8-31(9-7-29)43-26-24-41-22-20-39-18-16-37-14-12-35-10-11-36-13-15-38-17-19-40-21-23-42-25-27-44-32(34)30-4-2-1-3-5-30/h1-9,28H,10-27H2. The van der Waals surface area contributed by atoms with E-state index in [0.717, 1.165) is 6.29 Å². The third-order valence-corrected chi connectivity index (χ3v) is 5.59. The number of rotatable bonds is 30. The molecule has 12 heteroatoms. The first kappa shape index (κ1) is 37.2. The lowest BCUT2D eigenvalue weighted by atomic mass is 10.2. The molecule has 0 spiro atoms. The molecule has 0 atom stereocenters. The highest BCUT2D eigenvalue weighted by Crippen LogP contribution is 2.10. The minimum atomic E-state index is -0.359. The third kappa shape index (κ3) is 20.9. The van der Waals surface area contributed by atoms with E-state index >= 15 is 0 Å². The van der Waals surface area contributed by atoms with E-state index < -0.39 is 0 Å². The van der Waals surface area contributed by atoms with E-state index in [-0.39, 0.29) is 12.6 Å². The van der Waals surface area contributed by atoms with Crippen LogP contribution in [-0.4, -0.2) is 131 Å². The Bertz CT molecular complexity index is 942. The third-order valence-electron chi connectivity index (χ3n) is 5.59. The number of ether oxygens (including phenoxy) is 10. The summed E-state index contributed by atoms with van der Waals surface area (Å²) in [6, 6.07) is 15.8. The molecule has 0 aliphatic rings. The Morgan fingerprint density at radius 1 is 0.455 bits per heavy atom. The maximum atomic E-state index is 11.8. The van der Waals surface area contributed by atoms with Gasteiger partial charge in [-0.2, -0.15) is 0 Å². The Morgan fingerprint density at radius 3 is 1.20 bits per heavy atom. The summed E-state index contributed by atoms with van der Waals surface area (Å²) in [5.74, 6) is 0.341. The lowest BCUT2D eigenvalue weighted by molar-refractivity contribution is -0.0247. The molecule has 0 radical (unpaired) electrons. The fourth-order valence-corrected chi connectivity index (χ4v) is 3.35. The number of esters is 1. The van der Waals surface area contributed by atoms with Crippen LogP contribution in [0.1, 0.15) is 20.7 Å². The fourth-order valence-electron chi connectivity index (χ4n) is 3.35. The molecule has 0 aliphatic carbocycles. The molecular weight excluding hydrogens is 576 g/mol. The van der Waals surface area contributed by atoms with Crippen molar-refractivity contribution in [3.8, 4) is 5.75 Å². The Labute approximate surface area is 259 Å². The Balaban J connectivity index is 1.18. The lowest BCUT2D eigenvalue weighted by Crippen LogP contribution is -2.15. The Kier molecular flexibility index (Phi) is 23.4. The largest absolute Gasteiger partial charge is 0.491 e. The van der Waals surface area contributed by atoms with Crippen LogP contribution in [0.15, 0.2) is 54.6 Å². The monoisotopic (exact) mass is 622 g/mol. The summed E-state index contributed by atoms with van der Waals surface area (Å²) in [5.41, 5.74) is 1.14. The molecule has 0 bridgehead atoms. The molecule has 0 amide bonds. The molecule has 12 nitrogen and oxygen atoms in total. The van der Waals surface area contributed by atoms with Gasteiger partial charge in [0.15, 0.2) is 0 Å². The van der Waals surface area contributed by atoms with Crippen molar-refractivity contribution in [2.45, 2.75) is 0 Å². The molecule has 0 aromatic heterocycles. The number of benzene rings is 2. The first-order valence-electron chi connectivity index (χ1n) is 14.8. The lowest BCUT2D eigenvalue weighted by Gasteiger charge is -2.09. The first-order chi connectivity index (χ1) is 21.8. The zero-order valence-corrected chi connectivity index (χ0v) is 25.4. The van der Waals surface area contributed by atoms with Gasteiger partial charge in [-0.3, -0.25) is 4.79 Å². The smallest absolute Gasteiger partial charge is 0.338 e. The van der Waals surface area contributed by atoms with Crippen molar-refractivity contribution in [3.63, 3.8) is 0 Å². The maximum Gasteiger partial charge on any atom is 0.338 e. The SMILES string of the molecule is O=Cc1ccc(OCCOCCOCCOCCOCCOCCOCCOCCOCCOC(=O)c2ccccc2)cc1. The summed E-state index contributed by atoms with van der Waals surface area (Å²) < 4.78 is 54.2. The molecule has 2 rings (SSSR count). The zero-order chi connectivity index (χ0) is 31.2. The van der Waals surface area contributed by atoms with E-state index in [1.165, 1.54) is 0 Å². The van der Waals surface area contributed by atoms with Crippen LogP contribution in [0.2, 0.25) is 0 Å². The van der Waals surface area contributed by atoms with Gasteiger partial charge in [-0.05, 0) is 36.4 Å². The van der Waals surface area contributed by atoms with E-state index in [9.17, 15) is 9.59 Å². The predicted molar refractivity (Wildman–Crippen MR) is 161 cm³/mol. The maximum absolute atomic E-state index is 11.8. The molecule has 0 saturated carbocycles. The second-order valence-corrected chi connectivity index (χ2v) is 8.94. The Hall–Kier alpha value is -2.94. The highest BCUT2D eigenvalue weighted by atomic mass is 16.6. The average molecular weight is 623 g/mol. The molecule has 246 valence electrons. The van der Waals surface area contributed by atoms with Crippen LogP contribution in [0, 0.1) is 0 Å². The molecule has 0 saturated heterocycles.